The maximum absolute atomic E-state index is 12.7. The molecule has 0 radical (unpaired) electrons. The fourth-order valence-electron chi connectivity index (χ4n) is 3.29. The summed E-state index contributed by atoms with van der Waals surface area (Å²) >= 11 is 18.6. The second-order valence-electron chi connectivity index (χ2n) is 6.50. The van der Waals surface area contributed by atoms with Crippen LogP contribution in [-0.2, 0) is 6.42 Å². The van der Waals surface area contributed by atoms with E-state index in [4.69, 9.17) is 34.8 Å². The first-order valence-electron chi connectivity index (χ1n) is 8.19. The molecule has 0 unspecified atom stereocenters. The van der Waals surface area contributed by atoms with Crippen molar-refractivity contribution in [3.8, 4) is 16.9 Å². The first-order valence-corrected chi connectivity index (χ1v) is 9.33. The molecule has 0 aliphatic heterocycles. The van der Waals surface area contributed by atoms with Crippen molar-refractivity contribution < 1.29 is 4.79 Å². The lowest BCUT2D eigenvalue weighted by Crippen LogP contribution is -2.36. The molecule has 3 aromatic rings. The first kappa shape index (κ1) is 18.3. The third-order valence-corrected chi connectivity index (χ3v) is 5.12. The molecule has 1 amide bonds. The average molecular weight is 422 g/mol. The zero-order valence-corrected chi connectivity index (χ0v) is 16.8. The van der Waals surface area contributed by atoms with Crippen LogP contribution in [0, 0.1) is 0 Å². The molecule has 1 aliphatic carbocycles. The number of hydrogen-bond donors (Lipinski definition) is 1. The summed E-state index contributed by atoms with van der Waals surface area (Å²) in [4.78, 5) is 12.7. The molecular formula is C19H15Cl3N4O. The van der Waals surface area contributed by atoms with Gasteiger partial charge in [0.15, 0.2) is 5.69 Å². The molecule has 138 valence electrons. The molecule has 4 rings (SSSR count). The lowest BCUT2D eigenvalue weighted by molar-refractivity contribution is 0.0850. The van der Waals surface area contributed by atoms with Gasteiger partial charge in [0.2, 0.25) is 0 Å². The highest BCUT2D eigenvalue weighted by molar-refractivity contribution is 6.35. The molecule has 1 aromatic heterocycles. The van der Waals surface area contributed by atoms with Gasteiger partial charge in [-0.1, -0.05) is 40.9 Å². The Morgan fingerprint density at radius 2 is 1.81 bits per heavy atom. The number of carbonyl (C=O) groups excluding carboxylic acids is 1. The number of nitrogens with zero attached hydrogens (tertiary/aromatic N) is 3. The molecule has 27 heavy (non-hydrogen) atoms. The quantitative estimate of drug-likeness (QED) is 0.491. The van der Waals surface area contributed by atoms with Crippen molar-refractivity contribution in [2.75, 3.05) is 14.1 Å². The van der Waals surface area contributed by atoms with Crippen LogP contribution in [0.3, 0.4) is 0 Å². The monoisotopic (exact) mass is 420 g/mol. The third-order valence-electron chi connectivity index (χ3n) is 4.35. The smallest absolute Gasteiger partial charge is 0.284 e. The van der Waals surface area contributed by atoms with Crippen molar-refractivity contribution in [2.24, 2.45) is 0 Å². The van der Waals surface area contributed by atoms with Gasteiger partial charge in [0.25, 0.3) is 5.91 Å². The molecular weight excluding hydrogens is 407 g/mol. The Morgan fingerprint density at radius 1 is 1.11 bits per heavy atom. The Balaban J connectivity index is 1.94. The maximum Gasteiger partial charge on any atom is 0.286 e. The van der Waals surface area contributed by atoms with Gasteiger partial charge in [-0.25, -0.2) is 9.69 Å². The van der Waals surface area contributed by atoms with Crippen molar-refractivity contribution in [3.63, 3.8) is 0 Å². The second-order valence-corrected chi connectivity index (χ2v) is 7.78. The van der Waals surface area contributed by atoms with Gasteiger partial charge in [-0.2, -0.15) is 5.10 Å². The summed E-state index contributed by atoms with van der Waals surface area (Å²) in [6, 6.07) is 10.9. The minimum Gasteiger partial charge on any atom is -0.284 e. The molecule has 0 saturated heterocycles. The van der Waals surface area contributed by atoms with E-state index in [-0.39, 0.29) is 5.91 Å². The van der Waals surface area contributed by atoms with E-state index in [1.165, 1.54) is 0 Å². The minimum atomic E-state index is -0.279. The fourth-order valence-corrected chi connectivity index (χ4v) is 3.97. The molecule has 8 heteroatoms. The molecule has 0 spiro atoms. The van der Waals surface area contributed by atoms with Crippen molar-refractivity contribution in [3.05, 3.63) is 68.3 Å². The molecule has 0 saturated carbocycles. The average Bonchev–Trinajstić information content (AvgIpc) is 3.11. The molecule has 1 heterocycles. The van der Waals surface area contributed by atoms with E-state index in [0.29, 0.717) is 32.9 Å². The van der Waals surface area contributed by atoms with Gasteiger partial charge in [0.05, 0.1) is 16.4 Å². The van der Waals surface area contributed by atoms with Crippen LogP contribution in [0.2, 0.25) is 15.1 Å². The van der Waals surface area contributed by atoms with E-state index in [9.17, 15) is 4.79 Å². The van der Waals surface area contributed by atoms with Crippen LogP contribution in [-0.4, -0.2) is 34.8 Å². The predicted octanol–water partition coefficient (Wildman–Crippen LogP) is 4.61. The van der Waals surface area contributed by atoms with E-state index in [1.807, 2.05) is 18.2 Å². The van der Waals surface area contributed by atoms with Crippen LogP contribution in [0.5, 0.6) is 0 Å². The Bertz CT molecular complexity index is 1080. The number of hydrogen-bond acceptors (Lipinski definition) is 3. The van der Waals surface area contributed by atoms with Crippen LogP contribution < -0.4 is 5.43 Å². The van der Waals surface area contributed by atoms with Gasteiger partial charge in [-0.3, -0.25) is 10.2 Å². The predicted molar refractivity (Wildman–Crippen MR) is 108 cm³/mol. The van der Waals surface area contributed by atoms with Gasteiger partial charge in [-0.05, 0) is 35.9 Å². The Kier molecular flexibility index (Phi) is 4.64. The van der Waals surface area contributed by atoms with Crippen LogP contribution in [0.25, 0.3) is 16.9 Å². The first-order chi connectivity index (χ1) is 12.8. The standard InChI is InChI=1S/C19H15Cl3N4O/c1-25(2)24-19(27)17-14-8-10-7-11(20)3-5-13(10)18(14)26(23-17)16-6-4-12(21)9-15(16)22/h3-7,9H,8H2,1-2H3,(H,24,27). The molecule has 1 N–H and O–H groups in total. The van der Waals surface area contributed by atoms with Gasteiger partial charge in [0, 0.05) is 41.7 Å². The lowest BCUT2D eigenvalue weighted by Gasteiger charge is -2.11. The molecule has 0 bridgehead atoms. The Morgan fingerprint density at radius 3 is 2.52 bits per heavy atom. The van der Waals surface area contributed by atoms with Gasteiger partial charge in [0.1, 0.15) is 0 Å². The van der Waals surface area contributed by atoms with Gasteiger partial charge in [-0.15, -0.1) is 0 Å². The van der Waals surface area contributed by atoms with Crippen molar-refractivity contribution in [1.29, 1.82) is 0 Å². The van der Waals surface area contributed by atoms with Crippen LogP contribution >= 0.6 is 34.8 Å². The van der Waals surface area contributed by atoms with Crippen molar-refractivity contribution in [2.45, 2.75) is 6.42 Å². The molecule has 0 atom stereocenters. The molecule has 0 fully saturated rings. The number of carbonyl (C=O) groups is 1. The molecule has 5 nitrogen and oxygen atoms in total. The van der Waals surface area contributed by atoms with E-state index in [1.54, 1.807) is 42.0 Å². The third kappa shape index (κ3) is 3.21. The van der Waals surface area contributed by atoms with Gasteiger partial charge >= 0.3 is 0 Å². The summed E-state index contributed by atoms with van der Waals surface area (Å²) in [6.45, 7) is 0. The van der Waals surface area contributed by atoms with E-state index in [2.05, 4.69) is 10.5 Å². The summed E-state index contributed by atoms with van der Waals surface area (Å²) in [6.07, 6.45) is 0.576. The molecule has 2 aromatic carbocycles. The normalized spacial score (nSPS) is 12.2. The number of halogens is 3. The Labute approximate surface area is 171 Å². The number of amides is 1. The zero-order valence-electron chi connectivity index (χ0n) is 14.6. The lowest BCUT2D eigenvalue weighted by atomic mass is 10.1. The zero-order chi connectivity index (χ0) is 19.3. The van der Waals surface area contributed by atoms with Crippen molar-refractivity contribution in [1.82, 2.24) is 20.2 Å². The highest BCUT2D eigenvalue weighted by Gasteiger charge is 2.31. The van der Waals surface area contributed by atoms with E-state index >= 15 is 0 Å². The summed E-state index contributed by atoms with van der Waals surface area (Å²) in [7, 11) is 3.50. The Hall–Kier alpha value is -2.05. The van der Waals surface area contributed by atoms with E-state index < -0.39 is 0 Å². The largest absolute Gasteiger partial charge is 0.286 e. The number of aromatic nitrogens is 2. The number of nitrogens with one attached hydrogen (secondary N) is 1. The molecule has 1 aliphatic rings. The van der Waals surface area contributed by atoms with Crippen molar-refractivity contribution >= 4 is 40.7 Å². The van der Waals surface area contributed by atoms with E-state index in [0.717, 1.165) is 22.4 Å². The van der Waals surface area contributed by atoms with Gasteiger partial charge < -0.3 is 0 Å². The number of rotatable bonds is 3. The topological polar surface area (TPSA) is 50.2 Å². The highest BCUT2D eigenvalue weighted by Crippen LogP contribution is 2.41. The fraction of sp³-hybridized carbons (Fsp3) is 0.158. The van der Waals surface area contributed by atoms with Crippen LogP contribution in [0.4, 0.5) is 0 Å². The van der Waals surface area contributed by atoms with Crippen LogP contribution in [0.15, 0.2) is 36.4 Å². The maximum atomic E-state index is 12.7. The SMILES string of the molecule is CN(C)NC(=O)c1nn(-c2ccc(Cl)cc2Cl)c2c1Cc1cc(Cl)ccc1-2. The summed E-state index contributed by atoms with van der Waals surface area (Å²) in [5.74, 6) is -0.279. The summed E-state index contributed by atoms with van der Waals surface area (Å²) in [5.41, 5.74) is 7.49. The van der Waals surface area contributed by atoms with Crippen LogP contribution in [0.1, 0.15) is 21.6 Å². The number of hydrazine groups is 1. The number of fused-ring (bicyclic) bond motifs is 3. The second kappa shape index (κ2) is 6.84. The minimum absolute atomic E-state index is 0.279. The summed E-state index contributed by atoms with van der Waals surface area (Å²) in [5, 5.41) is 7.81. The highest BCUT2D eigenvalue weighted by atomic mass is 35.5. The summed E-state index contributed by atoms with van der Waals surface area (Å²) < 4.78 is 1.71. The number of benzene rings is 2.